The van der Waals surface area contributed by atoms with Crippen LogP contribution in [0.3, 0.4) is 0 Å². The van der Waals surface area contributed by atoms with E-state index in [4.69, 9.17) is 14.2 Å². The topological polar surface area (TPSA) is 85.3 Å². The van der Waals surface area contributed by atoms with E-state index in [1.165, 1.54) is 45.6 Å². The number of Topliss-reactive ketones (excluding diaryl/α,β-unsaturated/α-hetero) is 1. The first kappa shape index (κ1) is 22.8. The van der Waals surface area contributed by atoms with Crippen LogP contribution in [-0.4, -0.2) is 38.1 Å². The Morgan fingerprint density at radius 3 is 2.29 bits per heavy atom. The lowest BCUT2D eigenvalue weighted by atomic mass is 9.94. The lowest BCUT2D eigenvalue weighted by molar-refractivity contribution is -0.132. The number of ether oxygens (including phenoxy) is 3. The van der Waals surface area contributed by atoms with Gasteiger partial charge in [-0.25, -0.2) is 4.39 Å². The zero-order chi connectivity index (χ0) is 24.4. The average molecular weight is 463 g/mol. The normalized spacial score (nSPS) is 17.1. The lowest BCUT2D eigenvalue weighted by Gasteiger charge is -2.26. The molecule has 1 saturated heterocycles. The predicted octanol–water partition coefficient (Wildman–Crippen LogP) is 4.48. The first-order chi connectivity index (χ1) is 16.4. The molecule has 1 aliphatic heterocycles. The van der Waals surface area contributed by atoms with Crippen molar-refractivity contribution < 1.29 is 33.3 Å². The van der Waals surface area contributed by atoms with Crippen molar-refractivity contribution in [3.63, 3.8) is 0 Å². The molecule has 3 aromatic rings. The quantitative estimate of drug-likeness (QED) is 0.330. The molecule has 0 spiro atoms. The van der Waals surface area contributed by atoms with Crippen LogP contribution in [0.25, 0.3) is 5.76 Å². The van der Waals surface area contributed by atoms with E-state index in [9.17, 15) is 19.1 Å². The smallest absolute Gasteiger partial charge is 0.300 e. The number of nitrogens with zero attached hydrogens (tertiary/aromatic N) is 1. The zero-order valence-corrected chi connectivity index (χ0v) is 18.7. The lowest BCUT2D eigenvalue weighted by Crippen LogP contribution is -2.29. The van der Waals surface area contributed by atoms with Crippen LogP contribution < -0.4 is 19.1 Å². The molecule has 174 valence electrons. The molecule has 0 bridgehead atoms. The van der Waals surface area contributed by atoms with Gasteiger partial charge in [-0.3, -0.25) is 14.5 Å². The number of halogens is 1. The minimum atomic E-state index is -1.09. The van der Waals surface area contributed by atoms with Gasteiger partial charge in [-0.15, -0.1) is 0 Å². The van der Waals surface area contributed by atoms with E-state index in [1.54, 1.807) is 36.4 Å². The molecule has 0 saturated carbocycles. The summed E-state index contributed by atoms with van der Waals surface area (Å²) < 4.78 is 30.2. The van der Waals surface area contributed by atoms with E-state index in [0.29, 0.717) is 17.1 Å². The Hall–Kier alpha value is -4.33. The van der Waals surface area contributed by atoms with Crippen LogP contribution in [0.1, 0.15) is 17.2 Å². The maximum absolute atomic E-state index is 14.1. The monoisotopic (exact) mass is 463 g/mol. The van der Waals surface area contributed by atoms with Gasteiger partial charge in [-0.2, -0.15) is 0 Å². The number of para-hydroxylation sites is 1. The Kier molecular flexibility index (Phi) is 6.23. The third-order valence-corrected chi connectivity index (χ3v) is 5.63. The standard InChI is InChI=1S/C26H22FNO6/c1-32-17-11-12-21(34-3)19(14-17)24(29)22-23(18-9-4-5-10-20(18)33-2)28(26(31)25(22)30)16-8-6-7-15(27)13-16/h4-14,23,29H,1-3H3/b24-22+. The highest BCUT2D eigenvalue weighted by Crippen LogP contribution is 2.46. The van der Waals surface area contributed by atoms with Gasteiger partial charge in [0.15, 0.2) is 0 Å². The van der Waals surface area contributed by atoms with Crippen LogP contribution in [-0.2, 0) is 9.59 Å². The van der Waals surface area contributed by atoms with E-state index < -0.39 is 29.3 Å². The van der Waals surface area contributed by atoms with E-state index in [0.717, 1.165) is 11.0 Å². The maximum atomic E-state index is 14.1. The summed E-state index contributed by atoms with van der Waals surface area (Å²) in [5.41, 5.74) is 0.579. The van der Waals surface area contributed by atoms with Crippen molar-refractivity contribution in [3.8, 4) is 17.2 Å². The molecule has 3 aromatic carbocycles. The number of carbonyl (C=O) groups excluding carboxylic acids is 2. The molecule has 1 aliphatic rings. The second-order valence-corrected chi connectivity index (χ2v) is 7.46. The van der Waals surface area contributed by atoms with Crippen molar-refractivity contribution in [1.82, 2.24) is 0 Å². The highest BCUT2D eigenvalue weighted by atomic mass is 19.1. The van der Waals surface area contributed by atoms with E-state index in [2.05, 4.69) is 0 Å². The first-order valence-electron chi connectivity index (χ1n) is 10.3. The molecule has 1 N–H and O–H groups in total. The summed E-state index contributed by atoms with van der Waals surface area (Å²) >= 11 is 0. The van der Waals surface area contributed by atoms with Gasteiger partial charge in [0.25, 0.3) is 11.7 Å². The molecular weight excluding hydrogens is 441 g/mol. The van der Waals surface area contributed by atoms with Crippen LogP contribution in [0.5, 0.6) is 17.2 Å². The van der Waals surface area contributed by atoms with Gasteiger partial charge in [0.05, 0.1) is 38.5 Å². The SMILES string of the molecule is COc1ccc(OC)c(/C(O)=C2\C(=O)C(=O)N(c3cccc(F)c3)C2c2ccccc2OC)c1. The van der Waals surface area contributed by atoms with Crippen LogP contribution in [0.4, 0.5) is 10.1 Å². The van der Waals surface area contributed by atoms with E-state index >= 15 is 0 Å². The average Bonchev–Trinajstić information content (AvgIpc) is 3.13. The summed E-state index contributed by atoms with van der Waals surface area (Å²) in [6.45, 7) is 0. The van der Waals surface area contributed by atoms with Gasteiger partial charge in [-0.1, -0.05) is 24.3 Å². The summed E-state index contributed by atoms with van der Waals surface area (Å²) in [4.78, 5) is 27.7. The number of hydrogen-bond donors (Lipinski definition) is 1. The summed E-state index contributed by atoms with van der Waals surface area (Å²) in [5, 5.41) is 11.4. The molecule has 1 fully saturated rings. The van der Waals surface area contributed by atoms with Crippen molar-refractivity contribution >= 4 is 23.1 Å². The number of anilines is 1. The minimum Gasteiger partial charge on any atom is -0.507 e. The highest BCUT2D eigenvalue weighted by molar-refractivity contribution is 6.51. The second-order valence-electron chi connectivity index (χ2n) is 7.46. The molecule has 0 aromatic heterocycles. The fourth-order valence-corrected chi connectivity index (χ4v) is 4.06. The summed E-state index contributed by atoms with van der Waals surface area (Å²) in [6.07, 6.45) is 0. The Morgan fingerprint density at radius 1 is 0.882 bits per heavy atom. The summed E-state index contributed by atoms with van der Waals surface area (Å²) in [5.74, 6) is -1.80. The van der Waals surface area contributed by atoms with Gasteiger partial charge < -0.3 is 19.3 Å². The van der Waals surface area contributed by atoms with Crippen LogP contribution in [0.15, 0.2) is 72.3 Å². The maximum Gasteiger partial charge on any atom is 0.300 e. The van der Waals surface area contributed by atoms with Crippen LogP contribution in [0, 0.1) is 5.82 Å². The molecule has 0 radical (unpaired) electrons. The molecule has 7 nitrogen and oxygen atoms in total. The molecular formula is C26H22FNO6. The Balaban J connectivity index is 2.03. The minimum absolute atomic E-state index is 0.162. The number of ketones is 1. The number of rotatable bonds is 6. The molecule has 1 unspecified atom stereocenters. The van der Waals surface area contributed by atoms with Gasteiger partial charge >= 0.3 is 0 Å². The Bertz CT molecular complexity index is 1300. The van der Waals surface area contributed by atoms with Crippen LogP contribution >= 0.6 is 0 Å². The van der Waals surface area contributed by atoms with E-state index in [1.807, 2.05) is 0 Å². The Morgan fingerprint density at radius 2 is 1.62 bits per heavy atom. The van der Waals surface area contributed by atoms with Crippen molar-refractivity contribution in [2.45, 2.75) is 6.04 Å². The number of aliphatic hydroxyl groups is 1. The fourth-order valence-electron chi connectivity index (χ4n) is 4.06. The molecule has 0 aliphatic carbocycles. The van der Waals surface area contributed by atoms with Gasteiger partial charge in [0, 0.05) is 11.3 Å². The molecule has 34 heavy (non-hydrogen) atoms. The number of methoxy groups -OCH3 is 3. The predicted molar refractivity (Wildman–Crippen MR) is 124 cm³/mol. The summed E-state index contributed by atoms with van der Waals surface area (Å²) in [6, 6.07) is 15.8. The second kappa shape index (κ2) is 9.27. The third-order valence-electron chi connectivity index (χ3n) is 5.63. The van der Waals surface area contributed by atoms with E-state index in [-0.39, 0.29) is 22.6 Å². The molecule has 1 amide bonds. The zero-order valence-electron chi connectivity index (χ0n) is 18.7. The first-order valence-corrected chi connectivity index (χ1v) is 10.3. The van der Waals surface area contributed by atoms with Crippen molar-refractivity contribution in [1.29, 1.82) is 0 Å². The molecule has 1 atom stereocenters. The number of hydrogen-bond acceptors (Lipinski definition) is 6. The van der Waals surface area contributed by atoms with Gasteiger partial charge in [0.1, 0.15) is 28.8 Å². The van der Waals surface area contributed by atoms with Crippen molar-refractivity contribution in [3.05, 3.63) is 89.2 Å². The number of amides is 1. The highest BCUT2D eigenvalue weighted by Gasteiger charge is 2.48. The molecule has 4 rings (SSSR count). The van der Waals surface area contributed by atoms with Crippen molar-refractivity contribution in [2.75, 3.05) is 26.2 Å². The van der Waals surface area contributed by atoms with Gasteiger partial charge in [-0.05, 0) is 42.5 Å². The van der Waals surface area contributed by atoms with Gasteiger partial charge in [0.2, 0.25) is 0 Å². The number of benzene rings is 3. The Labute approximate surface area is 195 Å². The number of aliphatic hydroxyl groups excluding tert-OH is 1. The largest absolute Gasteiger partial charge is 0.507 e. The number of carbonyl (C=O) groups is 2. The third kappa shape index (κ3) is 3.83. The molecule has 1 heterocycles. The summed E-state index contributed by atoms with van der Waals surface area (Å²) in [7, 11) is 4.34. The van der Waals surface area contributed by atoms with Crippen LogP contribution in [0.2, 0.25) is 0 Å². The fraction of sp³-hybridized carbons (Fsp3) is 0.154. The van der Waals surface area contributed by atoms with Crippen molar-refractivity contribution in [2.24, 2.45) is 0 Å². The molecule has 8 heteroatoms.